The molecule has 0 bridgehead atoms. The Hall–Kier alpha value is -3.54. The fourth-order valence-electron chi connectivity index (χ4n) is 3.33. The number of sulfonamides is 1. The SMILES string of the molecule is COCCn1c(=NC(=O)c2ccc(NS(=O)(=O)c3ccc(OC)cc3)cc2)sc2cc(F)ccc21. The van der Waals surface area contributed by atoms with Crippen LogP contribution in [-0.4, -0.2) is 39.7 Å². The van der Waals surface area contributed by atoms with Gasteiger partial charge in [-0.3, -0.25) is 9.52 Å². The summed E-state index contributed by atoms with van der Waals surface area (Å²) < 4.78 is 54.1. The van der Waals surface area contributed by atoms with Gasteiger partial charge in [0.25, 0.3) is 15.9 Å². The van der Waals surface area contributed by atoms with Crippen LogP contribution in [0.2, 0.25) is 0 Å². The molecule has 0 spiro atoms. The molecule has 0 radical (unpaired) electrons. The van der Waals surface area contributed by atoms with Gasteiger partial charge in [0, 0.05) is 24.9 Å². The first-order valence-electron chi connectivity index (χ1n) is 10.4. The number of nitrogens with one attached hydrogen (secondary N) is 1. The minimum atomic E-state index is -3.81. The number of methoxy groups -OCH3 is 2. The first-order valence-corrected chi connectivity index (χ1v) is 12.7. The number of carbonyl (C=O) groups excluding carboxylic acids is 1. The van der Waals surface area contributed by atoms with E-state index in [1.54, 1.807) is 29.9 Å². The summed E-state index contributed by atoms with van der Waals surface area (Å²) >= 11 is 1.20. The van der Waals surface area contributed by atoms with Gasteiger partial charge in [-0.2, -0.15) is 4.99 Å². The van der Waals surface area contributed by atoms with Gasteiger partial charge in [0.1, 0.15) is 11.6 Å². The van der Waals surface area contributed by atoms with Gasteiger partial charge in [0.05, 0.1) is 28.8 Å². The predicted molar refractivity (Wildman–Crippen MR) is 132 cm³/mol. The molecule has 0 unspecified atom stereocenters. The molecule has 0 saturated carbocycles. The summed E-state index contributed by atoms with van der Waals surface area (Å²) in [6, 6.07) is 16.3. The average Bonchev–Trinajstić information content (AvgIpc) is 3.18. The molecule has 1 aromatic heterocycles. The number of benzene rings is 3. The number of fused-ring (bicyclic) bond motifs is 1. The first-order chi connectivity index (χ1) is 16.8. The van der Waals surface area contributed by atoms with Gasteiger partial charge in [-0.15, -0.1) is 0 Å². The van der Waals surface area contributed by atoms with Gasteiger partial charge >= 0.3 is 0 Å². The highest BCUT2D eigenvalue weighted by Gasteiger charge is 2.15. The highest BCUT2D eigenvalue weighted by molar-refractivity contribution is 7.92. The van der Waals surface area contributed by atoms with Crippen LogP contribution < -0.4 is 14.3 Å². The van der Waals surface area contributed by atoms with Gasteiger partial charge in [-0.05, 0) is 66.7 Å². The number of carbonyl (C=O) groups is 1. The number of amides is 1. The van der Waals surface area contributed by atoms with Crippen LogP contribution in [0.15, 0.2) is 76.6 Å². The Bertz CT molecular complexity index is 1530. The number of anilines is 1. The Labute approximate surface area is 205 Å². The van der Waals surface area contributed by atoms with Crippen LogP contribution >= 0.6 is 11.3 Å². The molecule has 1 heterocycles. The topological polar surface area (TPSA) is 99.0 Å². The molecule has 8 nitrogen and oxygen atoms in total. The lowest BCUT2D eigenvalue weighted by molar-refractivity contribution is 0.0997. The second kappa shape index (κ2) is 10.4. The van der Waals surface area contributed by atoms with Gasteiger partial charge in [-0.25, -0.2) is 12.8 Å². The molecule has 0 saturated heterocycles. The molecule has 182 valence electrons. The van der Waals surface area contributed by atoms with Crippen LogP contribution in [0.5, 0.6) is 5.75 Å². The van der Waals surface area contributed by atoms with Crippen LogP contribution in [0.25, 0.3) is 10.2 Å². The van der Waals surface area contributed by atoms with Crippen LogP contribution in [0, 0.1) is 5.82 Å². The van der Waals surface area contributed by atoms with E-state index in [1.807, 2.05) is 0 Å². The smallest absolute Gasteiger partial charge is 0.279 e. The molecular formula is C24H22FN3O5S2. The zero-order valence-corrected chi connectivity index (χ0v) is 20.5. The van der Waals surface area contributed by atoms with E-state index in [0.29, 0.717) is 34.1 Å². The largest absolute Gasteiger partial charge is 0.497 e. The Balaban J connectivity index is 1.58. The lowest BCUT2D eigenvalue weighted by Gasteiger charge is -2.09. The molecule has 0 aliphatic rings. The number of hydrogen-bond donors (Lipinski definition) is 1. The molecule has 3 aromatic carbocycles. The maximum absolute atomic E-state index is 13.7. The zero-order valence-electron chi connectivity index (χ0n) is 18.9. The molecule has 4 aromatic rings. The highest BCUT2D eigenvalue weighted by Crippen LogP contribution is 2.21. The van der Waals surface area contributed by atoms with E-state index in [4.69, 9.17) is 9.47 Å². The number of aromatic nitrogens is 1. The van der Waals surface area contributed by atoms with E-state index in [-0.39, 0.29) is 16.3 Å². The third-order valence-electron chi connectivity index (χ3n) is 5.11. The number of nitrogens with zero attached hydrogens (tertiary/aromatic N) is 2. The van der Waals surface area contributed by atoms with Crippen molar-refractivity contribution in [1.82, 2.24) is 4.57 Å². The summed E-state index contributed by atoms with van der Waals surface area (Å²) in [6.45, 7) is 0.841. The summed E-state index contributed by atoms with van der Waals surface area (Å²) in [4.78, 5) is 17.6. The van der Waals surface area contributed by atoms with Gasteiger partial charge < -0.3 is 14.0 Å². The normalized spacial score (nSPS) is 12.1. The standard InChI is InChI=1S/C24H22FN3O5S2/c1-32-14-13-28-21-12-5-17(25)15-22(21)34-24(28)26-23(29)16-3-6-18(7-4-16)27-35(30,31)20-10-8-19(33-2)9-11-20/h3-12,15,27H,13-14H2,1-2H3. The summed E-state index contributed by atoms with van der Waals surface area (Å²) in [7, 11) is -0.744. The third kappa shape index (κ3) is 5.59. The molecule has 1 amide bonds. The van der Waals surface area contributed by atoms with Crippen LogP contribution in [0.4, 0.5) is 10.1 Å². The van der Waals surface area contributed by atoms with Crippen molar-refractivity contribution < 1.29 is 27.1 Å². The third-order valence-corrected chi connectivity index (χ3v) is 7.55. The number of thiazole rings is 1. The zero-order chi connectivity index (χ0) is 25.0. The van der Waals surface area contributed by atoms with E-state index in [1.165, 1.54) is 67.0 Å². The van der Waals surface area contributed by atoms with E-state index in [9.17, 15) is 17.6 Å². The van der Waals surface area contributed by atoms with E-state index >= 15 is 0 Å². The van der Waals surface area contributed by atoms with Crippen molar-refractivity contribution in [2.45, 2.75) is 11.4 Å². The fraction of sp³-hybridized carbons (Fsp3) is 0.167. The van der Waals surface area contributed by atoms with Crippen molar-refractivity contribution in [2.75, 3.05) is 25.5 Å². The van der Waals surface area contributed by atoms with Crippen molar-refractivity contribution in [2.24, 2.45) is 4.99 Å². The monoisotopic (exact) mass is 515 g/mol. The van der Waals surface area contributed by atoms with Crippen molar-refractivity contribution in [3.8, 4) is 5.75 Å². The summed E-state index contributed by atoms with van der Waals surface area (Å²) in [5.41, 5.74) is 1.33. The number of halogens is 1. The van der Waals surface area contributed by atoms with Crippen LogP contribution in [0.3, 0.4) is 0 Å². The van der Waals surface area contributed by atoms with E-state index in [2.05, 4.69) is 9.71 Å². The second-order valence-electron chi connectivity index (χ2n) is 7.42. The summed E-state index contributed by atoms with van der Waals surface area (Å²) in [5, 5.41) is 0. The number of hydrogen-bond acceptors (Lipinski definition) is 6. The summed E-state index contributed by atoms with van der Waals surface area (Å²) in [5.74, 6) is -0.334. The Morgan fingerprint density at radius 3 is 2.43 bits per heavy atom. The van der Waals surface area contributed by atoms with E-state index < -0.39 is 15.9 Å². The van der Waals surface area contributed by atoms with E-state index in [0.717, 1.165) is 5.52 Å². The number of ether oxygens (including phenoxy) is 2. The maximum Gasteiger partial charge on any atom is 0.279 e. The number of rotatable bonds is 8. The Kier molecular flexibility index (Phi) is 7.29. The molecule has 0 aliphatic carbocycles. The summed E-state index contributed by atoms with van der Waals surface area (Å²) in [6.07, 6.45) is 0. The van der Waals surface area contributed by atoms with Gasteiger partial charge in [0.15, 0.2) is 4.80 Å². The molecular weight excluding hydrogens is 493 g/mol. The minimum Gasteiger partial charge on any atom is -0.497 e. The van der Waals surface area contributed by atoms with Crippen molar-refractivity contribution in [3.63, 3.8) is 0 Å². The van der Waals surface area contributed by atoms with Crippen molar-refractivity contribution >= 4 is 43.2 Å². The second-order valence-corrected chi connectivity index (χ2v) is 10.1. The average molecular weight is 516 g/mol. The minimum absolute atomic E-state index is 0.0789. The fourth-order valence-corrected chi connectivity index (χ4v) is 5.47. The van der Waals surface area contributed by atoms with Crippen molar-refractivity contribution in [1.29, 1.82) is 0 Å². The highest BCUT2D eigenvalue weighted by atomic mass is 32.2. The molecule has 0 atom stereocenters. The maximum atomic E-state index is 13.7. The Morgan fingerprint density at radius 1 is 1.06 bits per heavy atom. The Morgan fingerprint density at radius 2 is 1.77 bits per heavy atom. The predicted octanol–water partition coefficient (Wildman–Crippen LogP) is 4.04. The van der Waals surface area contributed by atoms with Gasteiger partial charge in [0.2, 0.25) is 0 Å². The van der Waals surface area contributed by atoms with Crippen molar-refractivity contribution in [3.05, 3.63) is 82.9 Å². The molecule has 4 rings (SSSR count). The molecule has 35 heavy (non-hydrogen) atoms. The lowest BCUT2D eigenvalue weighted by atomic mass is 10.2. The molecule has 11 heteroatoms. The molecule has 1 N–H and O–H groups in total. The lowest BCUT2D eigenvalue weighted by Crippen LogP contribution is -2.19. The van der Waals surface area contributed by atoms with Crippen LogP contribution in [-0.2, 0) is 21.3 Å². The van der Waals surface area contributed by atoms with Crippen LogP contribution in [0.1, 0.15) is 10.4 Å². The molecule has 0 aliphatic heterocycles. The quantitative estimate of drug-likeness (QED) is 0.382. The van der Waals surface area contributed by atoms with Gasteiger partial charge in [-0.1, -0.05) is 11.3 Å². The first kappa shape index (κ1) is 24.6. The molecule has 0 fully saturated rings.